The van der Waals surface area contributed by atoms with E-state index in [9.17, 15) is 0 Å². The van der Waals surface area contributed by atoms with Crippen LogP contribution in [-0.4, -0.2) is 35.4 Å². The van der Waals surface area contributed by atoms with Gasteiger partial charge in [-0.1, -0.05) is 0 Å². The number of rotatable bonds is 6. The first-order chi connectivity index (χ1) is 10.1. The van der Waals surface area contributed by atoms with Crippen molar-refractivity contribution in [1.29, 1.82) is 0 Å². The van der Waals surface area contributed by atoms with Gasteiger partial charge in [-0.3, -0.25) is 0 Å². The molecule has 0 aliphatic heterocycles. The van der Waals surface area contributed by atoms with Crippen molar-refractivity contribution in [3.8, 4) is 11.5 Å². The number of nitrogens with zero attached hydrogens (tertiary/aromatic N) is 3. The zero-order valence-corrected chi connectivity index (χ0v) is 12.5. The minimum atomic E-state index is 0.269. The minimum Gasteiger partial charge on any atom is -0.497 e. The summed E-state index contributed by atoms with van der Waals surface area (Å²) >= 11 is 0. The Morgan fingerprint density at radius 2 is 1.95 bits per heavy atom. The molecule has 0 aliphatic rings. The van der Waals surface area contributed by atoms with Crippen molar-refractivity contribution in [1.82, 2.24) is 15.2 Å². The molecule has 2 aromatic rings. The summed E-state index contributed by atoms with van der Waals surface area (Å²) in [5.41, 5.74) is 0.738. The van der Waals surface area contributed by atoms with Gasteiger partial charge in [0, 0.05) is 12.1 Å². The second-order valence-electron chi connectivity index (χ2n) is 4.66. The molecule has 0 unspecified atom stereocenters. The van der Waals surface area contributed by atoms with Gasteiger partial charge < -0.3 is 20.1 Å². The minimum absolute atomic E-state index is 0.269. The fraction of sp³-hybridized carbons (Fsp3) is 0.357. The Bertz CT molecular complexity index is 604. The van der Waals surface area contributed by atoms with Crippen molar-refractivity contribution in [2.45, 2.75) is 19.9 Å². The van der Waals surface area contributed by atoms with Gasteiger partial charge in [-0.2, -0.15) is 10.1 Å². The van der Waals surface area contributed by atoms with E-state index in [0.717, 1.165) is 5.69 Å². The first kappa shape index (κ1) is 14.8. The molecule has 0 atom stereocenters. The number of methoxy groups -OCH3 is 2. The molecule has 0 amide bonds. The lowest BCUT2D eigenvalue weighted by molar-refractivity contribution is 0.395. The smallest absolute Gasteiger partial charge is 0.249 e. The second-order valence-corrected chi connectivity index (χ2v) is 4.66. The fourth-order valence-electron chi connectivity index (χ4n) is 1.74. The average Bonchev–Trinajstić information content (AvgIpc) is 2.47. The number of ether oxygens (including phenoxy) is 2. The Kier molecular flexibility index (Phi) is 4.76. The lowest BCUT2D eigenvalue weighted by Gasteiger charge is -2.12. The van der Waals surface area contributed by atoms with E-state index in [1.165, 1.54) is 0 Å². The monoisotopic (exact) mass is 289 g/mol. The van der Waals surface area contributed by atoms with Gasteiger partial charge >= 0.3 is 0 Å². The number of hydrogen-bond acceptors (Lipinski definition) is 7. The largest absolute Gasteiger partial charge is 0.497 e. The summed E-state index contributed by atoms with van der Waals surface area (Å²) in [5, 5.41) is 14.1. The van der Waals surface area contributed by atoms with E-state index in [0.29, 0.717) is 23.3 Å². The number of hydrogen-bond donors (Lipinski definition) is 2. The topological polar surface area (TPSA) is 81.2 Å². The van der Waals surface area contributed by atoms with Crippen LogP contribution >= 0.6 is 0 Å². The molecule has 1 aromatic heterocycles. The highest BCUT2D eigenvalue weighted by Gasteiger charge is 2.08. The van der Waals surface area contributed by atoms with Gasteiger partial charge in [0.2, 0.25) is 5.95 Å². The number of benzene rings is 1. The van der Waals surface area contributed by atoms with Crippen molar-refractivity contribution < 1.29 is 9.47 Å². The molecule has 0 radical (unpaired) electrons. The molecule has 1 aromatic carbocycles. The molecule has 112 valence electrons. The molecule has 0 bridgehead atoms. The van der Waals surface area contributed by atoms with Crippen LogP contribution < -0.4 is 20.1 Å². The van der Waals surface area contributed by atoms with E-state index in [-0.39, 0.29) is 6.04 Å². The van der Waals surface area contributed by atoms with Crippen LogP contribution in [0.5, 0.6) is 11.5 Å². The van der Waals surface area contributed by atoms with E-state index in [1.54, 1.807) is 26.5 Å². The highest BCUT2D eigenvalue weighted by Crippen LogP contribution is 2.30. The molecule has 2 N–H and O–H groups in total. The van der Waals surface area contributed by atoms with Crippen LogP contribution in [0.25, 0.3) is 0 Å². The molecule has 21 heavy (non-hydrogen) atoms. The van der Waals surface area contributed by atoms with E-state index in [2.05, 4.69) is 25.8 Å². The first-order valence-corrected chi connectivity index (χ1v) is 6.57. The fourth-order valence-corrected chi connectivity index (χ4v) is 1.74. The highest BCUT2D eigenvalue weighted by molar-refractivity contribution is 5.64. The Hall–Kier alpha value is -2.57. The molecular weight excluding hydrogens is 270 g/mol. The van der Waals surface area contributed by atoms with Crippen molar-refractivity contribution in [3.63, 3.8) is 0 Å². The Labute approximate surface area is 123 Å². The van der Waals surface area contributed by atoms with Gasteiger partial charge in [0.1, 0.15) is 11.5 Å². The maximum Gasteiger partial charge on any atom is 0.249 e. The molecule has 2 rings (SSSR count). The van der Waals surface area contributed by atoms with Gasteiger partial charge in [0.25, 0.3) is 0 Å². The van der Waals surface area contributed by atoms with Crippen molar-refractivity contribution >= 4 is 17.5 Å². The third-order valence-electron chi connectivity index (χ3n) is 2.65. The maximum absolute atomic E-state index is 5.32. The van der Waals surface area contributed by atoms with E-state index in [1.807, 2.05) is 26.0 Å². The Morgan fingerprint density at radius 3 is 2.62 bits per heavy atom. The SMILES string of the molecule is COc1ccc(Nc2nncc(NC(C)C)n2)c(OC)c1. The van der Waals surface area contributed by atoms with Crippen molar-refractivity contribution in [2.24, 2.45) is 0 Å². The van der Waals surface area contributed by atoms with Crippen molar-refractivity contribution in [2.75, 3.05) is 24.9 Å². The number of aromatic nitrogens is 3. The third kappa shape index (κ3) is 3.95. The summed E-state index contributed by atoms with van der Waals surface area (Å²) in [7, 11) is 3.20. The standard InChI is InChI=1S/C14H19N5O2/c1-9(2)16-13-8-15-19-14(18-13)17-11-6-5-10(20-3)7-12(11)21-4/h5-9H,1-4H3,(H2,16,17,18,19). The summed E-state index contributed by atoms with van der Waals surface area (Å²) < 4.78 is 10.5. The van der Waals surface area contributed by atoms with Gasteiger partial charge in [-0.15, -0.1) is 5.10 Å². The summed E-state index contributed by atoms with van der Waals surface area (Å²) in [6.45, 7) is 4.06. The maximum atomic E-state index is 5.32. The van der Waals surface area contributed by atoms with E-state index in [4.69, 9.17) is 9.47 Å². The van der Waals surface area contributed by atoms with Crippen LogP contribution in [0.15, 0.2) is 24.4 Å². The highest BCUT2D eigenvalue weighted by atomic mass is 16.5. The molecule has 7 heteroatoms. The molecule has 0 saturated carbocycles. The van der Waals surface area contributed by atoms with Gasteiger partial charge in [-0.25, -0.2) is 0 Å². The Balaban J connectivity index is 2.21. The number of nitrogens with one attached hydrogen (secondary N) is 2. The lowest BCUT2D eigenvalue weighted by atomic mass is 10.2. The molecule has 0 fully saturated rings. The van der Waals surface area contributed by atoms with Crippen molar-refractivity contribution in [3.05, 3.63) is 24.4 Å². The quantitative estimate of drug-likeness (QED) is 0.845. The summed E-state index contributed by atoms with van der Waals surface area (Å²) in [4.78, 5) is 4.34. The van der Waals surface area contributed by atoms with Gasteiger partial charge in [0.15, 0.2) is 5.82 Å². The van der Waals surface area contributed by atoms with Gasteiger partial charge in [0.05, 0.1) is 26.1 Å². The predicted molar refractivity (Wildman–Crippen MR) is 81.4 cm³/mol. The molecule has 7 nitrogen and oxygen atoms in total. The summed E-state index contributed by atoms with van der Waals surface area (Å²) in [5.74, 6) is 2.41. The Morgan fingerprint density at radius 1 is 1.14 bits per heavy atom. The van der Waals surface area contributed by atoms with E-state index >= 15 is 0 Å². The molecule has 0 spiro atoms. The zero-order valence-electron chi connectivity index (χ0n) is 12.5. The van der Waals surface area contributed by atoms with Crippen LogP contribution in [0.3, 0.4) is 0 Å². The predicted octanol–water partition coefficient (Wildman–Crippen LogP) is 2.45. The average molecular weight is 289 g/mol. The lowest BCUT2D eigenvalue weighted by Crippen LogP contribution is -2.12. The molecular formula is C14H19N5O2. The third-order valence-corrected chi connectivity index (χ3v) is 2.65. The van der Waals surface area contributed by atoms with Crippen LogP contribution in [0.2, 0.25) is 0 Å². The van der Waals surface area contributed by atoms with Crippen LogP contribution in [0, 0.1) is 0 Å². The van der Waals surface area contributed by atoms with E-state index < -0.39 is 0 Å². The van der Waals surface area contributed by atoms with Crippen LogP contribution in [0.1, 0.15) is 13.8 Å². The second kappa shape index (κ2) is 6.74. The first-order valence-electron chi connectivity index (χ1n) is 6.57. The van der Waals surface area contributed by atoms with Crippen LogP contribution in [0.4, 0.5) is 17.5 Å². The van der Waals surface area contributed by atoms with Crippen LogP contribution in [-0.2, 0) is 0 Å². The molecule has 0 aliphatic carbocycles. The zero-order chi connectivity index (χ0) is 15.2. The molecule has 0 saturated heterocycles. The normalized spacial score (nSPS) is 10.3. The summed E-state index contributed by atoms with van der Waals surface area (Å²) in [6, 6.07) is 5.72. The summed E-state index contributed by atoms with van der Waals surface area (Å²) in [6.07, 6.45) is 1.58. The molecule has 1 heterocycles. The van der Waals surface area contributed by atoms with Gasteiger partial charge in [-0.05, 0) is 26.0 Å². The number of anilines is 3.